The molecule has 44 heavy (non-hydrogen) atoms. The Kier molecular flexibility index (Phi) is 11.0. The third kappa shape index (κ3) is 7.56. The normalized spacial score (nSPS) is 12.0. The van der Waals surface area contributed by atoms with Gasteiger partial charge in [-0.1, -0.05) is 95.0 Å². The summed E-state index contributed by atoms with van der Waals surface area (Å²) in [5, 5.41) is 3.60. The van der Waals surface area contributed by atoms with Crippen LogP contribution in [0.4, 0.5) is 5.69 Å². The fourth-order valence-corrected chi connectivity index (χ4v) is 6.95. The van der Waals surface area contributed by atoms with E-state index in [1.165, 1.54) is 24.1 Å². The van der Waals surface area contributed by atoms with Gasteiger partial charge in [0.25, 0.3) is 10.0 Å². The van der Waals surface area contributed by atoms with E-state index in [1.54, 1.807) is 55.5 Å². The lowest BCUT2D eigenvalue weighted by molar-refractivity contribution is -0.139. The van der Waals surface area contributed by atoms with Crippen LogP contribution >= 0.6 is 34.8 Å². The minimum atomic E-state index is -4.26. The van der Waals surface area contributed by atoms with Crippen LogP contribution < -0.4 is 9.62 Å². The molecule has 0 saturated heterocycles. The number of aryl methyl sites for hydroxylation is 1. The first-order valence-electron chi connectivity index (χ1n) is 13.8. The van der Waals surface area contributed by atoms with Gasteiger partial charge in [0.05, 0.1) is 10.6 Å². The summed E-state index contributed by atoms with van der Waals surface area (Å²) in [5.74, 6) is -1.07. The van der Waals surface area contributed by atoms with E-state index in [4.69, 9.17) is 34.8 Å². The molecule has 0 saturated carbocycles. The van der Waals surface area contributed by atoms with Gasteiger partial charge >= 0.3 is 0 Å². The number of anilines is 1. The van der Waals surface area contributed by atoms with Crippen molar-refractivity contribution in [1.29, 1.82) is 0 Å². The minimum absolute atomic E-state index is 0.00288. The lowest BCUT2D eigenvalue weighted by Crippen LogP contribution is -2.53. The molecule has 1 unspecified atom stereocenters. The highest BCUT2D eigenvalue weighted by atomic mass is 35.5. The maximum Gasteiger partial charge on any atom is 0.264 e. The van der Waals surface area contributed by atoms with Crippen LogP contribution in [-0.4, -0.2) is 44.8 Å². The number of amides is 2. The Labute approximate surface area is 273 Å². The van der Waals surface area contributed by atoms with E-state index < -0.39 is 34.4 Å². The molecule has 1 N–H and O–H groups in total. The molecule has 4 aromatic carbocycles. The van der Waals surface area contributed by atoms with Crippen LogP contribution in [0, 0.1) is 13.8 Å². The van der Waals surface area contributed by atoms with Crippen LogP contribution in [0.3, 0.4) is 0 Å². The summed E-state index contributed by atoms with van der Waals surface area (Å²) < 4.78 is 29.4. The van der Waals surface area contributed by atoms with Crippen molar-refractivity contribution in [3.63, 3.8) is 0 Å². The predicted octanol–water partition coefficient (Wildman–Crippen LogP) is 6.85. The van der Waals surface area contributed by atoms with Gasteiger partial charge in [0, 0.05) is 40.6 Å². The van der Waals surface area contributed by atoms with Crippen LogP contribution in [0.1, 0.15) is 22.3 Å². The lowest BCUT2D eigenvalue weighted by atomic mass is 10.0. The SMILES string of the molecule is CNC(=O)C(Cc1ccccc1)N(Cc1c(Cl)cccc1Cl)C(=O)CN(c1cccc(Cl)c1C)S(=O)(=O)c1ccc(C)cc1. The number of nitrogens with one attached hydrogen (secondary N) is 1. The largest absolute Gasteiger partial charge is 0.357 e. The number of carbonyl (C=O) groups excluding carboxylic acids is 2. The van der Waals surface area contributed by atoms with Gasteiger partial charge in [-0.25, -0.2) is 8.42 Å². The fourth-order valence-electron chi connectivity index (χ4n) is 4.79. The molecular weight excluding hydrogens is 641 g/mol. The predicted molar refractivity (Wildman–Crippen MR) is 177 cm³/mol. The summed E-state index contributed by atoms with van der Waals surface area (Å²) >= 11 is 19.5. The second-order valence-electron chi connectivity index (χ2n) is 10.3. The summed E-state index contributed by atoms with van der Waals surface area (Å²) in [6, 6.07) is 24.4. The second-order valence-corrected chi connectivity index (χ2v) is 13.3. The van der Waals surface area contributed by atoms with E-state index in [-0.39, 0.29) is 23.5 Å². The number of sulfonamides is 1. The number of halogens is 3. The summed E-state index contributed by atoms with van der Waals surface area (Å²) in [4.78, 5) is 29.2. The van der Waals surface area contributed by atoms with E-state index in [2.05, 4.69) is 5.32 Å². The van der Waals surface area contributed by atoms with Crippen LogP contribution in [0.2, 0.25) is 15.1 Å². The molecule has 0 aliphatic heterocycles. The first-order chi connectivity index (χ1) is 20.9. The summed E-state index contributed by atoms with van der Waals surface area (Å²) in [5.41, 5.74) is 2.83. The molecule has 7 nitrogen and oxygen atoms in total. The molecule has 0 heterocycles. The Hall–Kier alpha value is -3.56. The third-order valence-corrected chi connectivity index (χ3v) is 10.2. The van der Waals surface area contributed by atoms with Crippen LogP contribution in [0.5, 0.6) is 0 Å². The molecule has 230 valence electrons. The van der Waals surface area contributed by atoms with Gasteiger partial charge < -0.3 is 10.2 Å². The zero-order chi connectivity index (χ0) is 32.0. The number of nitrogens with zero attached hydrogens (tertiary/aromatic N) is 2. The smallest absolute Gasteiger partial charge is 0.264 e. The molecule has 4 rings (SSSR count). The molecule has 1 atom stereocenters. The van der Waals surface area contributed by atoms with E-state index >= 15 is 0 Å². The number of benzene rings is 4. The van der Waals surface area contributed by atoms with Crippen molar-refractivity contribution < 1.29 is 18.0 Å². The van der Waals surface area contributed by atoms with Gasteiger partial charge in [0.15, 0.2) is 0 Å². The van der Waals surface area contributed by atoms with Crippen LogP contribution in [0.25, 0.3) is 0 Å². The Bertz CT molecular complexity index is 1730. The van der Waals surface area contributed by atoms with Gasteiger partial charge in [0.1, 0.15) is 12.6 Å². The van der Waals surface area contributed by atoms with E-state index in [1.807, 2.05) is 37.3 Å². The maximum absolute atomic E-state index is 14.5. The quantitative estimate of drug-likeness (QED) is 0.189. The van der Waals surface area contributed by atoms with Crippen LogP contribution in [0.15, 0.2) is 95.9 Å². The third-order valence-electron chi connectivity index (χ3n) is 7.30. The highest BCUT2D eigenvalue weighted by Crippen LogP contribution is 2.32. The molecule has 0 bridgehead atoms. The van der Waals surface area contributed by atoms with Gasteiger partial charge in [-0.3, -0.25) is 13.9 Å². The standard InChI is InChI=1S/C33H32Cl3N3O4S/c1-22-15-17-25(18-16-22)44(42,43)39(30-14-8-11-27(34)23(30)2)21-32(40)38(20-26-28(35)12-7-13-29(26)36)31(33(41)37-3)19-24-9-5-4-6-10-24/h4-18,31H,19-21H2,1-3H3,(H,37,41). The van der Waals surface area contributed by atoms with E-state index in [9.17, 15) is 18.0 Å². The molecule has 0 aliphatic carbocycles. The van der Waals surface area contributed by atoms with Gasteiger partial charge in [-0.2, -0.15) is 0 Å². The number of rotatable bonds is 11. The average Bonchev–Trinajstić information content (AvgIpc) is 3.00. The van der Waals surface area contributed by atoms with Gasteiger partial charge in [-0.05, 0) is 61.4 Å². The van der Waals surface area contributed by atoms with Crippen LogP contribution in [-0.2, 0) is 32.6 Å². The Balaban J connectivity index is 1.85. The molecule has 0 fully saturated rings. The minimum Gasteiger partial charge on any atom is -0.357 e. The molecular formula is C33H32Cl3N3O4S. The molecule has 2 amide bonds. The molecule has 0 aromatic heterocycles. The number of hydrogen-bond donors (Lipinski definition) is 1. The van der Waals surface area contributed by atoms with Gasteiger partial charge in [-0.15, -0.1) is 0 Å². The number of carbonyl (C=O) groups is 2. The summed E-state index contributed by atoms with van der Waals surface area (Å²) in [7, 11) is -2.78. The number of likely N-dealkylation sites (N-methyl/N-ethyl adjacent to an activating group) is 1. The Morgan fingerprint density at radius 1 is 0.795 bits per heavy atom. The zero-order valence-electron chi connectivity index (χ0n) is 24.4. The van der Waals surface area contributed by atoms with Crippen molar-refractivity contribution in [3.05, 3.63) is 128 Å². The fraction of sp³-hybridized carbons (Fsp3) is 0.212. The van der Waals surface area contributed by atoms with Crippen molar-refractivity contribution in [1.82, 2.24) is 10.2 Å². The Morgan fingerprint density at radius 3 is 2.00 bits per heavy atom. The van der Waals surface area contributed by atoms with Crippen molar-refractivity contribution in [2.45, 2.75) is 37.8 Å². The highest BCUT2D eigenvalue weighted by Gasteiger charge is 2.35. The molecule has 0 spiro atoms. The molecule has 0 aliphatic rings. The molecule has 11 heteroatoms. The lowest BCUT2D eigenvalue weighted by Gasteiger charge is -2.34. The van der Waals surface area contributed by atoms with Crippen molar-refractivity contribution in [3.8, 4) is 0 Å². The Morgan fingerprint density at radius 2 is 1.39 bits per heavy atom. The van der Waals surface area contributed by atoms with E-state index in [0.29, 0.717) is 26.2 Å². The zero-order valence-corrected chi connectivity index (χ0v) is 27.5. The second kappa shape index (κ2) is 14.5. The average molecular weight is 673 g/mol. The summed E-state index contributed by atoms with van der Waals surface area (Å²) in [6.45, 7) is 2.77. The molecule has 0 radical (unpaired) electrons. The topological polar surface area (TPSA) is 86.8 Å². The van der Waals surface area contributed by atoms with Gasteiger partial charge in [0.2, 0.25) is 11.8 Å². The van der Waals surface area contributed by atoms with E-state index in [0.717, 1.165) is 15.4 Å². The maximum atomic E-state index is 14.5. The summed E-state index contributed by atoms with van der Waals surface area (Å²) in [6.07, 6.45) is 0.162. The first kappa shape index (κ1) is 33.3. The first-order valence-corrected chi connectivity index (χ1v) is 16.3. The van der Waals surface area contributed by atoms with Crippen molar-refractivity contribution in [2.75, 3.05) is 17.9 Å². The van der Waals surface area contributed by atoms with Crippen molar-refractivity contribution >= 4 is 62.3 Å². The number of hydrogen-bond acceptors (Lipinski definition) is 4. The van der Waals surface area contributed by atoms with Crippen molar-refractivity contribution in [2.24, 2.45) is 0 Å². The molecule has 4 aromatic rings. The monoisotopic (exact) mass is 671 g/mol. The highest BCUT2D eigenvalue weighted by molar-refractivity contribution is 7.92.